The fourth-order valence-corrected chi connectivity index (χ4v) is 3.42. The van der Waals surface area contributed by atoms with Crippen LogP contribution in [-0.2, 0) is 11.2 Å². The van der Waals surface area contributed by atoms with Crippen LogP contribution in [0.15, 0.2) is 24.3 Å². The van der Waals surface area contributed by atoms with E-state index in [1.54, 1.807) is 12.1 Å². The van der Waals surface area contributed by atoms with Crippen molar-refractivity contribution < 1.29 is 4.79 Å². The van der Waals surface area contributed by atoms with E-state index in [-0.39, 0.29) is 5.91 Å². The third kappa shape index (κ3) is 2.49. The van der Waals surface area contributed by atoms with Crippen LogP contribution in [0.3, 0.4) is 0 Å². The monoisotopic (exact) mass is 254 g/mol. The first-order valence-corrected chi connectivity index (χ1v) is 7.03. The van der Waals surface area contributed by atoms with Crippen LogP contribution in [0.1, 0.15) is 30.4 Å². The summed E-state index contributed by atoms with van der Waals surface area (Å²) >= 11 is 0. The molecule has 1 aliphatic heterocycles. The number of rotatable bonds is 2. The molecule has 0 bridgehead atoms. The molecule has 3 heteroatoms. The Balaban J connectivity index is 1.60. The average molecular weight is 254 g/mol. The number of carbonyl (C=O) groups excluding carboxylic acids is 1. The zero-order valence-corrected chi connectivity index (χ0v) is 11.0. The van der Waals surface area contributed by atoms with Crippen molar-refractivity contribution in [3.05, 3.63) is 35.4 Å². The lowest BCUT2D eigenvalue weighted by Crippen LogP contribution is -2.30. The van der Waals surface area contributed by atoms with Gasteiger partial charge in [0, 0.05) is 13.1 Å². The van der Waals surface area contributed by atoms with Crippen molar-refractivity contribution in [1.82, 2.24) is 4.90 Å². The van der Waals surface area contributed by atoms with E-state index < -0.39 is 0 Å². The Kier molecular flexibility index (Phi) is 3.25. The van der Waals surface area contributed by atoms with Crippen LogP contribution in [0.2, 0.25) is 0 Å². The first-order chi connectivity index (χ1) is 9.26. The van der Waals surface area contributed by atoms with Crippen LogP contribution in [-0.4, -0.2) is 23.9 Å². The molecule has 2 atom stereocenters. The Labute approximate surface area is 113 Å². The molecule has 1 saturated heterocycles. The van der Waals surface area contributed by atoms with Crippen LogP contribution < -0.4 is 0 Å². The summed E-state index contributed by atoms with van der Waals surface area (Å²) in [6.07, 6.45) is 4.40. The molecule has 0 spiro atoms. The average Bonchev–Trinajstić information content (AvgIpc) is 3.00. The lowest BCUT2D eigenvalue weighted by atomic mass is 10.0. The van der Waals surface area contributed by atoms with Gasteiger partial charge >= 0.3 is 0 Å². The van der Waals surface area contributed by atoms with E-state index in [4.69, 9.17) is 5.26 Å². The highest BCUT2D eigenvalue weighted by molar-refractivity contribution is 5.79. The van der Waals surface area contributed by atoms with Gasteiger partial charge in [-0.15, -0.1) is 0 Å². The standard InChI is InChI=1S/C16H18N2O/c17-9-13-6-4-12(5-7-13)8-16(19)18-10-14-2-1-3-15(14)11-18/h4-7,14-15H,1-3,8,10-11H2. The maximum atomic E-state index is 12.3. The van der Waals surface area contributed by atoms with Crippen molar-refractivity contribution >= 4 is 5.91 Å². The summed E-state index contributed by atoms with van der Waals surface area (Å²) in [4.78, 5) is 14.3. The highest BCUT2D eigenvalue weighted by Gasteiger charge is 2.37. The number of carbonyl (C=O) groups is 1. The second-order valence-corrected chi connectivity index (χ2v) is 5.74. The Morgan fingerprint density at radius 3 is 2.42 bits per heavy atom. The number of likely N-dealkylation sites (tertiary alicyclic amines) is 1. The third-order valence-corrected chi connectivity index (χ3v) is 4.52. The summed E-state index contributed by atoms with van der Waals surface area (Å²) in [5.74, 6) is 1.74. The fourth-order valence-electron chi connectivity index (χ4n) is 3.42. The first-order valence-electron chi connectivity index (χ1n) is 7.03. The van der Waals surface area contributed by atoms with Crippen molar-refractivity contribution in [1.29, 1.82) is 5.26 Å². The molecule has 1 aromatic rings. The van der Waals surface area contributed by atoms with Gasteiger partial charge in [0.1, 0.15) is 0 Å². The molecule has 2 fully saturated rings. The molecule has 1 saturated carbocycles. The van der Waals surface area contributed by atoms with E-state index in [2.05, 4.69) is 6.07 Å². The summed E-state index contributed by atoms with van der Waals surface area (Å²) in [6, 6.07) is 9.42. The predicted octanol–water partition coefficient (Wildman–Crippen LogP) is 2.36. The van der Waals surface area contributed by atoms with Crippen LogP contribution in [0, 0.1) is 23.2 Å². The van der Waals surface area contributed by atoms with E-state index in [0.29, 0.717) is 12.0 Å². The van der Waals surface area contributed by atoms with Gasteiger partial charge in [0.15, 0.2) is 0 Å². The van der Waals surface area contributed by atoms with Gasteiger partial charge < -0.3 is 4.90 Å². The largest absolute Gasteiger partial charge is 0.342 e. The summed E-state index contributed by atoms with van der Waals surface area (Å²) in [5, 5.41) is 8.75. The number of nitriles is 1. The molecule has 19 heavy (non-hydrogen) atoms. The smallest absolute Gasteiger partial charge is 0.227 e. The van der Waals surface area contributed by atoms with Crippen LogP contribution in [0.5, 0.6) is 0 Å². The molecule has 1 amide bonds. The maximum Gasteiger partial charge on any atom is 0.227 e. The minimum atomic E-state index is 0.235. The molecule has 2 aliphatic rings. The minimum absolute atomic E-state index is 0.235. The predicted molar refractivity (Wildman–Crippen MR) is 72.3 cm³/mol. The Hall–Kier alpha value is -1.82. The van der Waals surface area contributed by atoms with Gasteiger partial charge in [-0.05, 0) is 42.4 Å². The fraction of sp³-hybridized carbons (Fsp3) is 0.500. The number of fused-ring (bicyclic) bond motifs is 1. The molecule has 0 radical (unpaired) electrons. The van der Waals surface area contributed by atoms with Gasteiger partial charge in [-0.25, -0.2) is 0 Å². The molecule has 0 N–H and O–H groups in total. The van der Waals surface area contributed by atoms with E-state index in [9.17, 15) is 4.79 Å². The summed E-state index contributed by atoms with van der Waals surface area (Å²) in [5.41, 5.74) is 1.65. The van der Waals surface area contributed by atoms with Gasteiger partial charge in [-0.1, -0.05) is 18.6 Å². The molecule has 0 aromatic heterocycles. The number of hydrogen-bond acceptors (Lipinski definition) is 2. The summed E-state index contributed by atoms with van der Waals surface area (Å²) in [7, 11) is 0. The number of amides is 1. The SMILES string of the molecule is N#Cc1ccc(CC(=O)N2CC3CCCC3C2)cc1. The second-order valence-electron chi connectivity index (χ2n) is 5.74. The Morgan fingerprint density at radius 1 is 1.21 bits per heavy atom. The summed E-state index contributed by atoms with van der Waals surface area (Å²) in [6.45, 7) is 1.92. The molecule has 98 valence electrons. The highest BCUT2D eigenvalue weighted by Crippen LogP contribution is 2.37. The van der Waals surface area contributed by atoms with Crippen molar-refractivity contribution in [3.8, 4) is 6.07 Å². The Morgan fingerprint density at radius 2 is 1.84 bits per heavy atom. The topological polar surface area (TPSA) is 44.1 Å². The molecular weight excluding hydrogens is 236 g/mol. The number of hydrogen-bond donors (Lipinski definition) is 0. The maximum absolute atomic E-state index is 12.3. The minimum Gasteiger partial charge on any atom is -0.342 e. The molecule has 2 unspecified atom stereocenters. The van der Waals surface area contributed by atoms with Crippen LogP contribution in [0.25, 0.3) is 0 Å². The van der Waals surface area contributed by atoms with E-state index in [1.807, 2.05) is 17.0 Å². The molecule has 1 aliphatic carbocycles. The molecule has 3 rings (SSSR count). The number of benzene rings is 1. The third-order valence-electron chi connectivity index (χ3n) is 4.52. The number of nitrogens with zero attached hydrogens (tertiary/aromatic N) is 2. The second kappa shape index (κ2) is 5.05. The summed E-state index contributed by atoms with van der Waals surface area (Å²) < 4.78 is 0. The molecule has 1 heterocycles. The normalized spacial score (nSPS) is 25.1. The van der Waals surface area contributed by atoms with E-state index >= 15 is 0 Å². The molecular formula is C16H18N2O. The van der Waals surface area contributed by atoms with Crippen molar-refractivity contribution in [2.45, 2.75) is 25.7 Å². The van der Waals surface area contributed by atoms with Gasteiger partial charge in [-0.2, -0.15) is 5.26 Å². The lowest BCUT2D eigenvalue weighted by molar-refractivity contribution is -0.129. The quantitative estimate of drug-likeness (QED) is 0.813. The lowest BCUT2D eigenvalue weighted by Gasteiger charge is -2.17. The van der Waals surface area contributed by atoms with Crippen LogP contribution >= 0.6 is 0 Å². The van der Waals surface area contributed by atoms with Crippen molar-refractivity contribution in [2.75, 3.05) is 13.1 Å². The molecule has 3 nitrogen and oxygen atoms in total. The van der Waals surface area contributed by atoms with E-state index in [1.165, 1.54) is 19.3 Å². The molecule has 1 aromatic carbocycles. The van der Waals surface area contributed by atoms with E-state index in [0.717, 1.165) is 30.5 Å². The zero-order valence-electron chi connectivity index (χ0n) is 11.0. The van der Waals surface area contributed by atoms with Crippen molar-refractivity contribution in [2.24, 2.45) is 11.8 Å². The first kappa shape index (κ1) is 12.2. The Bertz CT molecular complexity index is 503. The van der Waals surface area contributed by atoms with Gasteiger partial charge in [0.2, 0.25) is 5.91 Å². The zero-order chi connectivity index (χ0) is 13.2. The van der Waals surface area contributed by atoms with Gasteiger partial charge in [-0.3, -0.25) is 4.79 Å². The van der Waals surface area contributed by atoms with Crippen molar-refractivity contribution in [3.63, 3.8) is 0 Å². The highest BCUT2D eigenvalue weighted by atomic mass is 16.2. The van der Waals surface area contributed by atoms with Gasteiger partial charge in [0.05, 0.1) is 18.1 Å². The van der Waals surface area contributed by atoms with Crippen LogP contribution in [0.4, 0.5) is 0 Å². The van der Waals surface area contributed by atoms with Gasteiger partial charge in [0.25, 0.3) is 0 Å².